The molecule has 0 unspecified atom stereocenters. The number of nitrogens with two attached hydrogens (primary N) is 1. The molecule has 100 valence electrons. The molecular formula is C14H24N4. The summed E-state index contributed by atoms with van der Waals surface area (Å²) >= 11 is 0. The molecule has 0 atom stereocenters. The molecule has 0 bridgehead atoms. The molecule has 0 saturated carbocycles. The third-order valence-electron chi connectivity index (χ3n) is 3.59. The molecule has 18 heavy (non-hydrogen) atoms. The van der Waals surface area contributed by atoms with Gasteiger partial charge >= 0.3 is 0 Å². The lowest BCUT2D eigenvalue weighted by Crippen LogP contribution is -2.25. The van der Waals surface area contributed by atoms with Gasteiger partial charge in [0.2, 0.25) is 0 Å². The highest BCUT2D eigenvalue weighted by atomic mass is 15.2. The lowest BCUT2D eigenvalue weighted by Gasteiger charge is -2.23. The van der Waals surface area contributed by atoms with E-state index in [2.05, 4.69) is 42.6 Å². The van der Waals surface area contributed by atoms with E-state index in [1.165, 1.54) is 6.42 Å². The third-order valence-corrected chi connectivity index (χ3v) is 3.59. The van der Waals surface area contributed by atoms with E-state index in [4.69, 9.17) is 5.73 Å². The molecule has 2 N–H and O–H groups in total. The van der Waals surface area contributed by atoms with Gasteiger partial charge in [0, 0.05) is 25.6 Å². The highest BCUT2D eigenvalue weighted by Crippen LogP contribution is 2.33. The van der Waals surface area contributed by atoms with Crippen LogP contribution in [0, 0.1) is 5.41 Å². The first-order valence-corrected chi connectivity index (χ1v) is 6.74. The van der Waals surface area contributed by atoms with Crippen molar-refractivity contribution in [2.75, 3.05) is 18.0 Å². The molecular weight excluding hydrogens is 224 g/mol. The van der Waals surface area contributed by atoms with Gasteiger partial charge < -0.3 is 10.6 Å². The Balaban J connectivity index is 2.28. The van der Waals surface area contributed by atoms with Crippen LogP contribution in [-0.2, 0) is 6.54 Å². The Labute approximate surface area is 110 Å². The number of aromatic nitrogens is 2. The van der Waals surface area contributed by atoms with Crippen LogP contribution in [0.1, 0.15) is 51.6 Å². The van der Waals surface area contributed by atoms with Gasteiger partial charge in [0.05, 0.1) is 17.6 Å². The van der Waals surface area contributed by atoms with Gasteiger partial charge in [0.25, 0.3) is 0 Å². The van der Waals surface area contributed by atoms with E-state index >= 15 is 0 Å². The Morgan fingerprint density at radius 3 is 2.67 bits per heavy atom. The van der Waals surface area contributed by atoms with Gasteiger partial charge in [0.1, 0.15) is 5.82 Å². The molecule has 4 heteroatoms. The number of anilines is 1. The minimum absolute atomic E-state index is 0.347. The fraction of sp³-hybridized carbons (Fsp3) is 0.714. The molecule has 0 aliphatic carbocycles. The fourth-order valence-corrected chi connectivity index (χ4v) is 2.44. The summed E-state index contributed by atoms with van der Waals surface area (Å²) in [6.45, 7) is 11.4. The Morgan fingerprint density at radius 1 is 1.44 bits per heavy atom. The molecule has 0 spiro atoms. The van der Waals surface area contributed by atoms with Gasteiger partial charge in [-0.25, -0.2) is 9.97 Å². The van der Waals surface area contributed by atoms with E-state index < -0.39 is 0 Å². The number of nitrogens with zero attached hydrogens (tertiary/aromatic N) is 3. The molecule has 1 aromatic rings. The summed E-state index contributed by atoms with van der Waals surface area (Å²) < 4.78 is 0. The summed E-state index contributed by atoms with van der Waals surface area (Å²) in [5.41, 5.74) is 8.31. The van der Waals surface area contributed by atoms with Crippen LogP contribution in [0.5, 0.6) is 0 Å². The number of rotatable bonds is 3. The summed E-state index contributed by atoms with van der Waals surface area (Å²) in [5.74, 6) is 1.23. The maximum Gasteiger partial charge on any atom is 0.131 e. The highest BCUT2D eigenvalue weighted by molar-refractivity contribution is 5.50. The van der Waals surface area contributed by atoms with E-state index in [1.54, 1.807) is 0 Å². The molecule has 1 aromatic heterocycles. The SMILES string of the molecule is CC(C)c1ncc(N2CCC(C)(C)C2)c(CN)n1. The summed E-state index contributed by atoms with van der Waals surface area (Å²) in [6, 6.07) is 0. The van der Waals surface area contributed by atoms with Crippen molar-refractivity contribution in [3.8, 4) is 0 Å². The summed E-state index contributed by atoms with van der Waals surface area (Å²) in [6.07, 6.45) is 3.16. The van der Waals surface area contributed by atoms with E-state index in [-0.39, 0.29) is 0 Å². The minimum Gasteiger partial charge on any atom is -0.368 e. The molecule has 4 nitrogen and oxygen atoms in total. The first kappa shape index (κ1) is 13.3. The first-order chi connectivity index (χ1) is 8.43. The predicted molar refractivity (Wildman–Crippen MR) is 74.6 cm³/mol. The van der Waals surface area contributed by atoms with E-state index in [1.807, 2.05) is 6.20 Å². The van der Waals surface area contributed by atoms with Gasteiger partial charge in [-0.05, 0) is 11.8 Å². The lowest BCUT2D eigenvalue weighted by atomic mass is 9.93. The van der Waals surface area contributed by atoms with E-state index in [0.29, 0.717) is 17.9 Å². The van der Waals surface area contributed by atoms with Crippen molar-refractivity contribution in [3.05, 3.63) is 17.7 Å². The second-order valence-electron chi connectivity index (χ2n) is 6.25. The second-order valence-corrected chi connectivity index (χ2v) is 6.25. The zero-order chi connectivity index (χ0) is 13.3. The Hall–Kier alpha value is -1.16. The molecule has 2 rings (SSSR count). The number of hydrogen-bond donors (Lipinski definition) is 1. The highest BCUT2D eigenvalue weighted by Gasteiger charge is 2.30. The van der Waals surface area contributed by atoms with Crippen molar-refractivity contribution in [2.45, 2.75) is 46.6 Å². The Bertz CT molecular complexity index is 426. The monoisotopic (exact) mass is 248 g/mol. The summed E-state index contributed by atoms with van der Waals surface area (Å²) in [4.78, 5) is 11.4. The normalized spacial score (nSPS) is 18.7. The average Bonchev–Trinajstić information content (AvgIpc) is 2.68. The van der Waals surface area contributed by atoms with E-state index in [0.717, 1.165) is 30.3 Å². The van der Waals surface area contributed by atoms with Gasteiger partial charge in [-0.2, -0.15) is 0 Å². The maximum absolute atomic E-state index is 5.84. The molecule has 2 heterocycles. The molecule has 1 aliphatic rings. The summed E-state index contributed by atoms with van der Waals surface area (Å²) in [5, 5.41) is 0. The van der Waals surface area contributed by atoms with Crippen LogP contribution < -0.4 is 10.6 Å². The lowest BCUT2D eigenvalue weighted by molar-refractivity contribution is 0.418. The van der Waals surface area contributed by atoms with Crippen molar-refractivity contribution in [3.63, 3.8) is 0 Å². The van der Waals surface area contributed by atoms with Crippen molar-refractivity contribution in [2.24, 2.45) is 11.1 Å². The standard InChI is InChI=1S/C14H24N4/c1-10(2)13-16-8-12(11(7-15)17-13)18-6-5-14(3,4)9-18/h8,10H,5-7,9,15H2,1-4H3. The van der Waals surface area contributed by atoms with Crippen molar-refractivity contribution in [1.29, 1.82) is 0 Å². The van der Waals surface area contributed by atoms with Gasteiger partial charge in [-0.3, -0.25) is 0 Å². The summed E-state index contributed by atoms with van der Waals surface area (Å²) in [7, 11) is 0. The zero-order valence-electron chi connectivity index (χ0n) is 11.9. The maximum atomic E-state index is 5.84. The van der Waals surface area contributed by atoms with E-state index in [9.17, 15) is 0 Å². The fourth-order valence-electron chi connectivity index (χ4n) is 2.44. The minimum atomic E-state index is 0.347. The average molecular weight is 248 g/mol. The van der Waals surface area contributed by atoms with Crippen molar-refractivity contribution in [1.82, 2.24) is 9.97 Å². The van der Waals surface area contributed by atoms with Crippen LogP contribution in [0.4, 0.5) is 5.69 Å². The molecule has 1 saturated heterocycles. The quantitative estimate of drug-likeness (QED) is 0.891. The van der Waals surface area contributed by atoms with Crippen molar-refractivity contribution >= 4 is 5.69 Å². The molecule has 0 amide bonds. The smallest absolute Gasteiger partial charge is 0.131 e. The third kappa shape index (κ3) is 2.64. The van der Waals surface area contributed by atoms with Crippen LogP contribution in [0.2, 0.25) is 0 Å². The van der Waals surface area contributed by atoms with Crippen LogP contribution in [0.3, 0.4) is 0 Å². The molecule has 1 aliphatic heterocycles. The van der Waals surface area contributed by atoms with Crippen molar-refractivity contribution < 1.29 is 0 Å². The Kier molecular flexibility index (Phi) is 3.57. The Morgan fingerprint density at radius 2 is 2.17 bits per heavy atom. The topological polar surface area (TPSA) is 55.0 Å². The van der Waals surface area contributed by atoms with Crippen LogP contribution in [0.15, 0.2) is 6.20 Å². The van der Waals surface area contributed by atoms with Gasteiger partial charge in [0.15, 0.2) is 0 Å². The molecule has 0 aromatic carbocycles. The van der Waals surface area contributed by atoms with Crippen LogP contribution >= 0.6 is 0 Å². The van der Waals surface area contributed by atoms with Gasteiger partial charge in [-0.15, -0.1) is 0 Å². The number of hydrogen-bond acceptors (Lipinski definition) is 4. The second kappa shape index (κ2) is 4.84. The molecule has 0 radical (unpaired) electrons. The van der Waals surface area contributed by atoms with Gasteiger partial charge in [-0.1, -0.05) is 27.7 Å². The predicted octanol–water partition coefficient (Wildman–Crippen LogP) is 2.29. The zero-order valence-corrected chi connectivity index (χ0v) is 11.9. The largest absolute Gasteiger partial charge is 0.368 e. The van der Waals surface area contributed by atoms with Crippen LogP contribution in [-0.4, -0.2) is 23.1 Å². The van der Waals surface area contributed by atoms with Crippen LogP contribution in [0.25, 0.3) is 0 Å². The first-order valence-electron chi connectivity index (χ1n) is 6.74. The molecule has 1 fully saturated rings.